The summed E-state index contributed by atoms with van der Waals surface area (Å²) in [5.74, 6) is 0.558. The van der Waals surface area contributed by atoms with Gasteiger partial charge in [0, 0.05) is 22.6 Å². The van der Waals surface area contributed by atoms with E-state index in [4.69, 9.17) is 4.74 Å². The van der Waals surface area contributed by atoms with Crippen molar-refractivity contribution in [3.05, 3.63) is 56.4 Å². The predicted molar refractivity (Wildman–Crippen MR) is 124 cm³/mol. The number of rotatable bonds is 7. The van der Waals surface area contributed by atoms with Crippen LogP contribution in [0.3, 0.4) is 0 Å². The number of benzene rings is 1. The van der Waals surface area contributed by atoms with Gasteiger partial charge in [0.05, 0.1) is 11.4 Å². The molecule has 1 N–H and O–H groups in total. The summed E-state index contributed by atoms with van der Waals surface area (Å²) in [4.78, 5) is 32.0. The summed E-state index contributed by atoms with van der Waals surface area (Å²) in [6.45, 7) is 6.19. The normalized spacial score (nSPS) is 13.4. The number of aryl methyl sites for hydroxylation is 3. The van der Waals surface area contributed by atoms with Crippen LogP contribution in [0, 0.1) is 12.8 Å². The number of thiazole rings is 1. The molecule has 1 amide bonds. The molecule has 2 heterocycles. The summed E-state index contributed by atoms with van der Waals surface area (Å²) < 4.78 is 7.77. The van der Waals surface area contributed by atoms with Gasteiger partial charge in [-0.25, -0.2) is 4.98 Å². The number of carbonyl (C=O) groups excluding carboxylic acids is 1. The lowest BCUT2D eigenvalue weighted by Crippen LogP contribution is -2.22. The third kappa shape index (κ3) is 4.51. The number of hydrogen-bond acceptors (Lipinski definition) is 5. The molecule has 1 aromatic carbocycles. The minimum Gasteiger partial charge on any atom is -0.485 e. The van der Waals surface area contributed by atoms with Crippen molar-refractivity contribution in [2.24, 2.45) is 5.92 Å². The SMILES string of the molecule is CCC(CC)C(=O)Nc1cc(C)ccc1OCc1cc(=O)n2c3c(sc2n1)CCCC3. The van der Waals surface area contributed by atoms with Crippen molar-refractivity contribution in [2.45, 2.75) is 65.9 Å². The number of carbonyl (C=O) groups is 1. The first-order valence-corrected chi connectivity index (χ1v) is 11.9. The summed E-state index contributed by atoms with van der Waals surface area (Å²) in [6, 6.07) is 7.27. The monoisotopic (exact) mass is 439 g/mol. The molecule has 0 atom stereocenters. The largest absolute Gasteiger partial charge is 0.485 e. The molecule has 0 spiro atoms. The molecule has 0 radical (unpaired) electrons. The number of nitrogens with one attached hydrogen (secondary N) is 1. The maximum absolute atomic E-state index is 12.8. The maximum Gasteiger partial charge on any atom is 0.259 e. The van der Waals surface area contributed by atoms with Crippen LogP contribution >= 0.6 is 11.3 Å². The number of ether oxygens (including phenoxy) is 1. The Balaban J connectivity index is 1.56. The summed E-state index contributed by atoms with van der Waals surface area (Å²) in [6.07, 6.45) is 5.84. The standard InChI is InChI=1S/C24H29N3O3S/c1-4-16(5-2)23(29)26-18-12-15(3)10-11-20(18)30-14-17-13-22(28)27-19-8-6-7-9-21(19)31-24(27)25-17/h10-13,16H,4-9,14H2,1-3H3,(H,26,29). The van der Waals surface area contributed by atoms with Crippen LogP contribution in [-0.2, 0) is 24.2 Å². The minimum atomic E-state index is -0.0471. The summed E-state index contributed by atoms with van der Waals surface area (Å²) in [7, 11) is 0. The lowest BCUT2D eigenvalue weighted by atomic mass is 10.0. The van der Waals surface area contributed by atoms with Crippen LogP contribution < -0.4 is 15.6 Å². The van der Waals surface area contributed by atoms with Gasteiger partial charge >= 0.3 is 0 Å². The second-order valence-electron chi connectivity index (χ2n) is 8.17. The first kappa shape index (κ1) is 21.6. The first-order chi connectivity index (χ1) is 15.0. The van der Waals surface area contributed by atoms with Gasteiger partial charge < -0.3 is 10.1 Å². The Morgan fingerprint density at radius 2 is 2.00 bits per heavy atom. The van der Waals surface area contributed by atoms with Crippen LogP contribution in [0.2, 0.25) is 0 Å². The Hall–Kier alpha value is -2.67. The van der Waals surface area contributed by atoms with Gasteiger partial charge in [-0.2, -0.15) is 0 Å². The highest BCUT2D eigenvalue weighted by Gasteiger charge is 2.19. The van der Waals surface area contributed by atoms with Crippen molar-refractivity contribution >= 4 is 27.9 Å². The highest BCUT2D eigenvalue weighted by atomic mass is 32.1. The van der Waals surface area contributed by atoms with Gasteiger partial charge in [-0.3, -0.25) is 14.0 Å². The number of aromatic nitrogens is 2. The lowest BCUT2D eigenvalue weighted by molar-refractivity contribution is -0.120. The van der Waals surface area contributed by atoms with Gasteiger partial charge in [-0.15, -0.1) is 11.3 Å². The molecule has 0 fully saturated rings. The molecule has 0 saturated heterocycles. The molecule has 2 aromatic heterocycles. The molecule has 7 heteroatoms. The molecular formula is C24H29N3O3S. The summed E-state index contributed by atoms with van der Waals surface area (Å²) >= 11 is 1.61. The van der Waals surface area contributed by atoms with Gasteiger partial charge in [-0.05, 0) is 63.1 Å². The molecule has 164 valence electrons. The molecule has 0 unspecified atom stereocenters. The lowest BCUT2D eigenvalue weighted by Gasteiger charge is -2.16. The van der Waals surface area contributed by atoms with E-state index in [9.17, 15) is 9.59 Å². The third-order valence-corrected chi connectivity index (χ3v) is 7.08. The third-order valence-electron chi connectivity index (χ3n) is 5.94. The predicted octanol–water partition coefficient (Wildman–Crippen LogP) is 4.90. The van der Waals surface area contributed by atoms with Crippen LogP contribution in [0.15, 0.2) is 29.1 Å². The Kier molecular flexibility index (Phi) is 6.41. The van der Waals surface area contributed by atoms with Crippen LogP contribution in [0.25, 0.3) is 4.96 Å². The van der Waals surface area contributed by atoms with Crippen molar-refractivity contribution < 1.29 is 9.53 Å². The fraction of sp³-hybridized carbons (Fsp3) is 0.458. The summed E-state index contributed by atoms with van der Waals surface area (Å²) in [5.41, 5.74) is 3.37. The van der Waals surface area contributed by atoms with Gasteiger partial charge in [0.1, 0.15) is 12.4 Å². The number of fused-ring (bicyclic) bond motifs is 3. The fourth-order valence-corrected chi connectivity index (χ4v) is 5.36. The number of amides is 1. The van der Waals surface area contributed by atoms with E-state index in [1.54, 1.807) is 21.8 Å². The van der Waals surface area contributed by atoms with Crippen LogP contribution in [-0.4, -0.2) is 15.3 Å². The highest BCUT2D eigenvalue weighted by Crippen LogP contribution is 2.29. The maximum atomic E-state index is 12.8. The second-order valence-corrected chi connectivity index (χ2v) is 9.24. The van der Waals surface area contributed by atoms with Crippen molar-refractivity contribution in [3.8, 4) is 5.75 Å². The van der Waals surface area contributed by atoms with E-state index in [1.807, 2.05) is 39.0 Å². The Bertz CT molecular complexity index is 1160. The Labute approximate surface area is 186 Å². The van der Waals surface area contributed by atoms with Crippen molar-refractivity contribution in [3.63, 3.8) is 0 Å². The average molecular weight is 440 g/mol. The van der Waals surface area contributed by atoms with Crippen molar-refractivity contribution in [1.82, 2.24) is 9.38 Å². The molecule has 31 heavy (non-hydrogen) atoms. The smallest absolute Gasteiger partial charge is 0.259 e. The van der Waals surface area contributed by atoms with Gasteiger partial charge in [0.2, 0.25) is 5.91 Å². The zero-order valence-corrected chi connectivity index (χ0v) is 19.2. The molecular weight excluding hydrogens is 410 g/mol. The molecule has 1 aliphatic rings. The highest BCUT2D eigenvalue weighted by molar-refractivity contribution is 7.17. The molecule has 0 bridgehead atoms. The minimum absolute atomic E-state index is 0.00223. The Morgan fingerprint density at radius 1 is 1.23 bits per heavy atom. The fourth-order valence-electron chi connectivity index (χ4n) is 4.13. The molecule has 6 nitrogen and oxygen atoms in total. The van der Waals surface area contributed by atoms with Crippen molar-refractivity contribution in [1.29, 1.82) is 0 Å². The number of nitrogens with zero attached hydrogens (tertiary/aromatic N) is 2. The van der Waals surface area contributed by atoms with E-state index < -0.39 is 0 Å². The zero-order chi connectivity index (χ0) is 22.0. The quantitative estimate of drug-likeness (QED) is 0.568. The van der Waals surface area contributed by atoms with Crippen LogP contribution in [0.5, 0.6) is 5.75 Å². The van der Waals surface area contributed by atoms with E-state index >= 15 is 0 Å². The van der Waals surface area contributed by atoms with Gasteiger partial charge in [-0.1, -0.05) is 19.9 Å². The van der Waals surface area contributed by atoms with E-state index in [0.29, 0.717) is 17.1 Å². The average Bonchev–Trinajstić information content (AvgIpc) is 3.13. The Morgan fingerprint density at radius 3 is 2.77 bits per heavy atom. The molecule has 3 aromatic rings. The topological polar surface area (TPSA) is 72.7 Å². The number of anilines is 1. The number of hydrogen-bond donors (Lipinski definition) is 1. The first-order valence-electron chi connectivity index (χ1n) is 11.1. The van der Waals surface area contributed by atoms with E-state index in [2.05, 4.69) is 10.3 Å². The zero-order valence-electron chi connectivity index (χ0n) is 18.4. The van der Waals surface area contributed by atoms with Gasteiger partial charge in [0.15, 0.2) is 4.96 Å². The van der Waals surface area contributed by atoms with Crippen LogP contribution in [0.1, 0.15) is 61.4 Å². The van der Waals surface area contributed by atoms with Gasteiger partial charge in [0.25, 0.3) is 5.56 Å². The molecule has 0 aliphatic heterocycles. The van der Waals surface area contributed by atoms with Crippen LogP contribution in [0.4, 0.5) is 5.69 Å². The second kappa shape index (κ2) is 9.22. The van der Waals surface area contributed by atoms with E-state index in [0.717, 1.165) is 48.3 Å². The van der Waals surface area contributed by atoms with Crippen molar-refractivity contribution in [2.75, 3.05) is 5.32 Å². The summed E-state index contributed by atoms with van der Waals surface area (Å²) in [5, 5.41) is 3.02. The molecule has 4 rings (SSSR count). The molecule has 1 aliphatic carbocycles. The van der Waals surface area contributed by atoms with E-state index in [1.165, 1.54) is 11.3 Å². The van der Waals surface area contributed by atoms with E-state index in [-0.39, 0.29) is 24.0 Å². The molecule has 0 saturated carbocycles.